The lowest BCUT2D eigenvalue weighted by molar-refractivity contribution is 0.102. The predicted molar refractivity (Wildman–Crippen MR) is 108 cm³/mol. The van der Waals surface area contributed by atoms with Gasteiger partial charge in [-0.1, -0.05) is 37.7 Å². The normalized spacial score (nSPS) is 11.1. The number of rotatable bonds is 7. The van der Waals surface area contributed by atoms with Crippen molar-refractivity contribution < 1.29 is 4.79 Å². The van der Waals surface area contributed by atoms with Gasteiger partial charge in [0.15, 0.2) is 0 Å². The molecule has 0 fully saturated rings. The van der Waals surface area contributed by atoms with Crippen LogP contribution in [-0.2, 0) is 12.3 Å². The number of carbonyl (C=O) groups is 1. The molecule has 0 atom stereocenters. The third-order valence-electron chi connectivity index (χ3n) is 3.67. The Morgan fingerprint density at radius 3 is 2.69 bits per heavy atom. The summed E-state index contributed by atoms with van der Waals surface area (Å²) in [7, 11) is 0. The standard InChI is InChI=1S/C19H22N4OS2/c1-13(2)10-23-17(8-9-20-23)22-18(24)16-6-4-15(5-7-16)12-26-19-21-14(3)11-25-19/h4-9,11,13H,10,12H2,1-3H3,(H,22,24). The third kappa shape index (κ3) is 4.95. The summed E-state index contributed by atoms with van der Waals surface area (Å²) in [5.74, 6) is 1.91. The molecule has 0 unspecified atom stereocenters. The van der Waals surface area contributed by atoms with Gasteiger partial charge < -0.3 is 5.32 Å². The fraction of sp³-hybridized carbons (Fsp3) is 0.316. The zero-order valence-corrected chi connectivity index (χ0v) is 16.7. The highest BCUT2D eigenvalue weighted by Crippen LogP contribution is 2.26. The second kappa shape index (κ2) is 8.51. The Labute approximate surface area is 161 Å². The largest absolute Gasteiger partial charge is 0.307 e. The molecule has 0 aliphatic carbocycles. The summed E-state index contributed by atoms with van der Waals surface area (Å²) in [5.41, 5.74) is 2.87. The van der Waals surface area contributed by atoms with Crippen LogP contribution in [0.2, 0.25) is 0 Å². The molecule has 7 heteroatoms. The first kappa shape index (κ1) is 18.7. The van der Waals surface area contributed by atoms with E-state index in [4.69, 9.17) is 0 Å². The SMILES string of the molecule is Cc1csc(SCc2ccc(C(=O)Nc3ccnn3CC(C)C)cc2)n1. The van der Waals surface area contributed by atoms with E-state index in [2.05, 4.69) is 34.6 Å². The van der Waals surface area contributed by atoms with Crippen LogP contribution in [0, 0.1) is 12.8 Å². The smallest absolute Gasteiger partial charge is 0.256 e. The van der Waals surface area contributed by atoms with E-state index in [0.29, 0.717) is 11.5 Å². The monoisotopic (exact) mass is 386 g/mol. The zero-order chi connectivity index (χ0) is 18.5. The number of thiazole rings is 1. The van der Waals surface area contributed by atoms with Crippen molar-refractivity contribution >= 4 is 34.8 Å². The van der Waals surface area contributed by atoms with E-state index in [9.17, 15) is 4.79 Å². The Kier molecular flexibility index (Phi) is 6.11. The maximum Gasteiger partial charge on any atom is 0.256 e. The second-order valence-corrected chi connectivity index (χ2v) is 8.57. The molecule has 26 heavy (non-hydrogen) atoms. The van der Waals surface area contributed by atoms with Crippen LogP contribution in [0.4, 0.5) is 5.82 Å². The number of amides is 1. The first-order chi connectivity index (χ1) is 12.5. The molecule has 1 aromatic carbocycles. The molecular formula is C19H22N4OS2. The highest BCUT2D eigenvalue weighted by molar-refractivity contribution is 8.00. The van der Waals surface area contributed by atoms with Crippen molar-refractivity contribution in [3.63, 3.8) is 0 Å². The Hall–Kier alpha value is -2.12. The zero-order valence-electron chi connectivity index (χ0n) is 15.1. The van der Waals surface area contributed by atoms with Gasteiger partial charge in [-0.3, -0.25) is 4.79 Å². The minimum absolute atomic E-state index is 0.120. The lowest BCUT2D eigenvalue weighted by Gasteiger charge is -2.11. The number of anilines is 1. The number of aromatic nitrogens is 3. The Morgan fingerprint density at radius 2 is 2.04 bits per heavy atom. The molecule has 1 N–H and O–H groups in total. The van der Waals surface area contributed by atoms with Gasteiger partial charge in [0.1, 0.15) is 10.2 Å². The molecule has 0 radical (unpaired) electrons. The molecule has 2 heterocycles. The summed E-state index contributed by atoms with van der Waals surface area (Å²) in [6, 6.07) is 9.53. The average molecular weight is 387 g/mol. The van der Waals surface area contributed by atoms with Gasteiger partial charge in [0.25, 0.3) is 5.91 Å². The fourth-order valence-corrected chi connectivity index (χ4v) is 4.22. The lowest BCUT2D eigenvalue weighted by atomic mass is 10.1. The summed E-state index contributed by atoms with van der Waals surface area (Å²) >= 11 is 3.38. The number of thioether (sulfide) groups is 1. The molecule has 3 rings (SSSR count). The number of nitrogens with zero attached hydrogens (tertiary/aromatic N) is 3. The second-order valence-electron chi connectivity index (χ2n) is 6.49. The number of benzene rings is 1. The van der Waals surface area contributed by atoms with Gasteiger partial charge in [0, 0.05) is 35.0 Å². The van der Waals surface area contributed by atoms with Crippen molar-refractivity contribution in [3.8, 4) is 0 Å². The molecule has 136 valence electrons. The summed E-state index contributed by atoms with van der Waals surface area (Å²) in [4.78, 5) is 16.9. The van der Waals surface area contributed by atoms with Crippen LogP contribution >= 0.6 is 23.1 Å². The van der Waals surface area contributed by atoms with Gasteiger partial charge in [-0.15, -0.1) is 11.3 Å². The van der Waals surface area contributed by atoms with Crippen LogP contribution < -0.4 is 5.32 Å². The van der Waals surface area contributed by atoms with Gasteiger partial charge in [-0.05, 0) is 30.5 Å². The number of hydrogen-bond acceptors (Lipinski definition) is 5. The van der Waals surface area contributed by atoms with Crippen LogP contribution in [0.25, 0.3) is 0 Å². The van der Waals surface area contributed by atoms with Crippen LogP contribution in [0.15, 0.2) is 46.2 Å². The van der Waals surface area contributed by atoms with E-state index in [-0.39, 0.29) is 5.91 Å². The molecule has 3 aromatic rings. The van der Waals surface area contributed by atoms with Crippen LogP contribution in [0.1, 0.15) is 35.5 Å². The van der Waals surface area contributed by atoms with Gasteiger partial charge >= 0.3 is 0 Å². The third-order valence-corrected chi connectivity index (χ3v) is 5.88. The molecule has 0 saturated heterocycles. The van der Waals surface area contributed by atoms with Gasteiger partial charge in [-0.25, -0.2) is 9.67 Å². The van der Waals surface area contributed by atoms with E-state index in [1.165, 1.54) is 5.56 Å². The number of carbonyl (C=O) groups excluding carboxylic acids is 1. The Morgan fingerprint density at radius 1 is 1.27 bits per heavy atom. The van der Waals surface area contributed by atoms with Crippen LogP contribution in [-0.4, -0.2) is 20.7 Å². The first-order valence-electron chi connectivity index (χ1n) is 8.48. The average Bonchev–Trinajstić information content (AvgIpc) is 3.22. The van der Waals surface area contributed by atoms with Crippen LogP contribution in [0.5, 0.6) is 0 Å². The Bertz CT molecular complexity index is 868. The topological polar surface area (TPSA) is 59.8 Å². The lowest BCUT2D eigenvalue weighted by Crippen LogP contribution is -2.17. The van der Waals surface area contributed by atoms with Crippen molar-refractivity contribution in [2.75, 3.05) is 5.32 Å². The van der Waals surface area contributed by atoms with Crippen molar-refractivity contribution in [2.24, 2.45) is 5.92 Å². The molecule has 2 aromatic heterocycles. The highest BCUT2D eigenvalue weighted by atomic mass is 32.2. The predicted octanol–water partition coefficient (Wildman–Crippen LogP) is 4.85. The molecular weight excluding hydrogens is 364 g/mol. The molecule has 0 aliphatic heterocycles. The summed E-state index contributed by atoms with van der Waals surface area (Å²) < 4.78 is 2.89. The molecule has 0 spiro atoms. The molecule has 0 bridgehead atoms. The molecule has 0 aliphatic rings. The fourth-order valence-electron chi connectivity index (χ4n) is 2.41. The summed E-state index contributed by atoms with van der Waals surface area (Å²) in [6.07, 6.45) is 1.71. The van der Waals surface area contributed by atoms with Crippen molar-refractivity contribution in [3.05, 3.63) is 58.7 Å². The quantitative estimate of drug-likeness (QED) is 0.590. The van der Waals surface area contributed by atoms with E-state index in [1.54, 1.807) is 29.3 Å². The molecule has 5 nitrogen and oxygen atoms in total. The first-order valence-corrected chi connectivity index (χ1v) is 10.3. The van der Waals surface area contributed by atoms with E-state index < -0.39 is 0 Å². The highest BCUT2D eigenvalue weighted by Gasteiger charge is 2.10. The molecule has 0 saturated carbocycles. The summed E-state index contributed by atoms with van der Waals surface area (Å²) in [5, 5.41) is 9.26. The van der Waals surface area contributed by atoms with Gasteiger partial charge in [0.2, 0.25) is 0 Å². The molecule has 1 amide bonds. The van der Waals surface area contributed by atoms with Crippen molar-refractivity contribution in [1.82, 2.24) is 14.8 Å². The van der Waals surface area contributed by atoms with Gasteiger partial charge in [-0.2, -0.15) is 5.10 Å². The minimum atomic E-state index is -0.120. The number of nitrogens with one attached hydrogen (secondary N) is 1. The van der Waals surface area contributed by atoms with Crippen molar-refractivity contribution in [2.45, 2.75) is 37.4 Å². The maximum absolute atomic E-state index is 12.5. The number of hydrogen-bond donors (Lipinski definition) is 1. The van der Waals surface area contributed by atoms with E-state index >= 15 is 0 Å². The van der Waals surface area contributed by atoms with Crippen LogP contribution in [0.3, 0.4) is 0 Å². The van der Waals surface area contributed by atoms with Gasteiger partial charge in [0.05, 0.1) is 6.20 Å². The van der Waals surface area contributed by atoms with Crippen molar-refractivity contribution in [1.29, 1.82) is 0 Å². The van der Waals surface area contributed by atoms with E-state index in [0.717, 1.165) is 28.1 Å². The summed E-state index contributed by atoms with van der Waals surface area (Å²) in [6.45, 7) is 7.02. The Balaban J connectivity index is 1.59. The minimum Gasteiger partial charge on any atom is -0.307 e. The maximum atomic E-state index is 12.5. The number of aryl methyl sites for hydroxylation is 1. The van der Waals surface area contributed by atoms with E-state index in [1.807, 2.05) is 41.9 Å².